The molecule has 2 saturated carbocycles. The number of carbonyl (C=O) groups excluding carboxylic acids is 5. The molecule has 0 bridgehead atoms. The SMILES string of the molecule is C[C@@H](OCC1CCCCC1)[C@H](NC(=O)[C@@H]1CN(C(=O)c2cnn(Cc3ccccc3)c2)CC12CN(C(=O)[C@H]1CC1(C)C)C2)C(=O)NCCC(=O)NS(C)(=O)=O. The summed E-state index contributed by atoms with van der Waals surface area (Å²) in [5.41, 5.74) is 0.646. The van der Waals surface area contributed by atoms with Crippen LogP contribution in [0.5, 0.6) is 0 Å². The van der Waals surface area contributed by atoms with Crippen LogP contribution in [0.1, 0.15) is 81.6 Å². The van der Waals surface area contributed by atoms with E-state index in [9.17, 15) is 32.4 Å². The van der Waals surface area contributed by atoms with Crippen molar-refractivity contribution in [2.45, 2.75) is 84.4 Å². The average Bonchev–Trinajstić information content (AvgIpc) is 3.42. The molecule has 15 nitrogen and oxygen atoms in total. The number of benzene rings is 1. The van der Waals surface area contributed by atoms with Gasteiger partial charge in [0, 0.05) is 63.3 Å². The Balaban J connectivity index is 1.17. The van der Waals surface area contributed by atoms with E-state index in [2.05, 4.69) is 29.6 Å². The Kier molecular flexibility index (Phi) is 12.1. The number of likely N-dealkylation sites (tertiary alicyclic amines) is 2. The van der Waals surface area contributed by atoms with Gasteiger partial charge in [-0.25, -0.2) is 8.42 Å². The third kappa shape index (κ3) is 9.93. The molecule has 300 valence electrons. The lowest BCUT2D eigenvalue weighted by Crippen LogP contribution is -2.65. The number of amides is 5. The van der Waals surface area contributed by atoms with E-state index >= 15 is 0 Å². The first-order chi connectivity index (χ1) is 26.0. The van der Waals surface area contributed by atoms with Crippen LogP contribution in [0.3, 0.4) is 0 Å². The number of sulfonamides is 1. The zero-order valence-corrected chi connectivity index (χ0v) is 33.1. The van der Waals surface area contributed by atoms with Crippen LogP contribution >= 0.6 is 0 Å². The summed E-state index contributed by atoms with van der Waals surface area (Å²) in [6, 6.07) is 8.63. The van der Waals surface area contributed by atoms with Crippen molar-refractivity contribution < 1.29 is 37.1 Å². The van der Waals surface area contributed by atoms with Gasteiger partial charge in [0.05, 0.1) is 36.6 Å². The molecule has 6 rings (SSSR count). The molecule has 2 saturated heterocycles. The number of rotatable bonds is 15. The smallest absolute Gasteiger partial charge is 0.257 e. The molecule has 0 unspecified atom stereocenters. The van der Waals surface area contributed by atoms with E-state index in [1.807, 2.05) is 35.1 Å². The lowest BCUT2D eigenvalue weighted by molar-refractivity contribution is -0.152. The van der Waals surface area contributed by atoms with Gasteiger partial charge in [-0.3, -0.25) is 33.4 Å². The fourth-order valence-electron chi connectivity index (χ4n) is 8.35. The molecule has 2 aromatic rings. The molecule has 2 aliphatic carbocycles. The predicted molar refractivity (Wildman–Crippen MR) is 203 cm³/mol. The molecular formula is C39H55N7O8S. The lowest BCUT2D eigenvalue weighted by atomic mass is 9.70. The van der Waals surface area contributed by atoms with Crippen LogP contribution in [0.4, 0.5) is 0 Å². The van der Waals surface area contributed by atoms with Crippen molar-refractivity contribution >= 4 is 39.6 Å². The minimum absolute atomic E-state index is 0.0589. The first-order valence-electron chi connectivity index (χ1n) is 19.4. The summed E-state index contributed by atoms with van der Waals surface area (Å²) >= 11 is 0. The molecule has 3 N–H and O–H groups in total. The highest BCUT2D eigenvalue weighted by Crippen LogP contribution is 2.54. The minimum atomic E-state index is -3.76. The van der Waals surface area contributed by atoms with Crippen LogP contribution in [0.2, 0.25) is 0 Å². The first kappa shape index (κ1) is 40.4. The number of hydrogen-bond acceptors (Lipinski definition) is 9. The molecule has 4 fully saturated rings. The molecule has 1 aromatic heterocycles. The summed E-state index contributed by atoms with van der Waals surface area (Å²) in [6.07, 6.45) is 9.34. The maximum Gasteiger partial charge on any atom is 0.257 e. The van der Waals surface area contributed by atoms with Crippen LogP contribution < -0.4 is 15.4 Å². The lowest BCUT2D eigenvalue weighted by Gasteiger charge is -2.50. The maximum atomic E-state index is 14.4. The van der Waals surface area contributed by atoms with Crippen molar-refractivity contribution in [1.29, 1.82) is 0 Å². The fraction of sp³-hybridized carbons (Fsp3) is 0.641. The highest BCUT2D eigenvalue weighted by molar-refractivity contribution is 7.89. The molecule has 16 heteroatoms. The predicted octanol–water partition coefficient (Wildman–Crippen LogP) is 1.93. The zero-order valence-electron chi connectivity index (χ0n) is 32.3. The second kappa shape index (κ2) is 16.4. The summed E-state index contributed by atoms with van der Waals surface area (Å²) < 4.78 is 32.7. The van der Waals surface area contributed by atoms with E-state index in [-0.39, 0.29) is 49.2 Å². The van der Waals surface area contributed by atoms with E-state index < -0.39 is 51.2 Å². The number of aromatic nitrogens is 2. The van der Waals surface area contributed by atoms with Gasteiger partial charge < -0.3 is 25.2 Å². The monoisotopic (exact) mass is 781 g/mol. The molecule has 1 spiro atoms. The van der Waals surface area contributed by atoms with Gasteiger partial charge in [0.25, 0.3) is 5.91 Å². The molecule has 4 atom stereocenters. The Morgan fingerprint density at radius 2 is 1.65 bits per heavy atom. The second-order valence-corrected chi connectivity index (χ2v) is 18.6. The molecule has 3 heterocycles. The van der Waals surface area contributed by atoms with Gasteiger partial charge in [-0.05, 0) is 43.1 Å². The second-order valence-electron chi connectivity index (χ2n) is 16.8. The van der Waals surface area contributed by atoms with E-state index in [4.69, 9.17) is 4.74 Å². The summed E-state index contributed by atoms with van der Waals surface area (Å²) in [4.78, 5) is 71.0. The molecular weight excluding hydrogens is 727 g/mol. The van der Waals surface area contributed by atoms with E-state index in [1.165, 1.54) is 12.6 Å². The van der Waals surface area contributed by atoms with Gasteiger partial charge in [0.1, 0.15) is 6.04 Å². The van der Waals surface area contributed by atoms with E-state index in [1.54, 1.807) is 27.6 Å². The standard InChI is InChI=1S/C39H55N7O8S/c1-26(54-22-28-13-9-6-10-14-28)33(35(49)40-16-15-32(47)43-55(4,52)53)42-34(48)31-21-44(23-39(31)24-45(25-39)37(51)30-17-38(30,2)3)36(50)29-18-41-46(20-29)19-27-11-7-5-8-12-27/h5,7-8,11-12,18,20,26,28,30-31,33H,6,9-10,13-17,19,21-25H2,1-4H3,(H,40,49)(H,42,48)(H,43,47)/t26-,30-,31+,33+/m1/s1. The Morgan fingerprint density at radius 3 is 2.31 bits per heavy atom. The fourth-order valence-corrected chi connectivity index (χ4v) is 8.87. The van der Waals surface area contributed by atoms with Crippen molar-refractivity contribution in [3.63, 3.8) is 0 Å². The third-order valence-corrected chi connectivity index (χ3v) is 12.4. The zero-order chi connectivity index (χ0) is 39.5. The molecule has 4 aliphatic rings. The van der Waals surface area contributed by atoms with Gasteiger partial charge in [-0.2, -0.15) is 5.10 Å². The number of carbonyl (C=O) groups is 5. The van der Waals surface area contributed by atoms with Crippen molar-refractivity contribution in [2.24, 2.45) is 28.6 Å². The number of hydrogen-bond donors (Lipinski definition) is 3. The first-order valence-corrected chi connectivity index (χ1v) is 21.3. The average molecular weight is 782 g/mol. The normalized spacial score (nSPS) is 22.7. The Labute approximate surface area is 323 Å². The maximum absolute atomic E-state index is 14.4. The highest BCUT2D eigenvalue weighted by atomic mass is 32.2. The summed E-state index contributed by atoms with van der Waals surface area (Å²) in [6.45, 7) is 7.58. The van der Waals surface area contributed by atoms with Crippen LogP contribution in [0.25, 0.3) is 0 Å². The molecule has 55 heavy (non-hydrogen) atoms. The summed E-state index contributed by atoms with van der Waals surface area (Å²) in [7, 11) is -3.76. The van der Waals surface area contributed by atoms with Crippen LogP contribution in [-0.4, -0.2) is 115 Å². The van der Waals surface area contributed by atoms with Crippen molar-refractivity contribution in [1.82, 2.24) is 34.9 Å². The van der Waals surface area contributed by atoms with Gasteiger partial charge in [-0.1, -0.05) is 63.4 Å². The van der Waals surface area contributed by atoms with E-state index in [0.29, 0.717) is 37.7 Å². The topological polar surface area (TPSA) is 189 Å². The molecule has 0 radical (unpaired) electrons. The minimum Gasteiger partial charge on any atom is -0.376 e. The van der Waals surface area contributed by atoms with Crippen LogP contribution in [0, 0.1) is 28.6 Å². The quantitative estimate of drug-likeness (QED) is 0.243. The molecule has 2 aliphatic heterocycles. The highest BCUT2D eigenvalue weighted by Gasteiger charge is 2.62. The van der Waals surface area contributed by atoms with Crippen molar-refractivity contribution in [3.8, 4) is 0 Å². The summed E-state index contributed by atoms with van der Waals surface area (Å²) in [5.74, 6) is -2.45. The Bertz CT molecular complexity index is 1850. The largest absolute Gasteiger partial charge is 0.376 e. The van der Waals surface area contributed by atoms with Crippen molar-refractivity contribution in [2.75, 3.05) is 45.6 Å². The summed E-state index contributed by atoms with van der Waals surface area (Å²) in [5, 5.41) is 10.0. The van der Waals surface area contributed by atoms with E-state index in [0.717, 1.165) is 43.9 Å². The van der Waals surface area contributed by atoms with Gasteiger partial charge in [0.2, 0.25) is 33.7 Å². The van der Waals surface area contributed by atoms with Crippen LogP contribution in [-0.2, 0) is 40.5 Å². The Hall–Kier alpha value is -4.31. The van der Waals surface area contributed by atoms with Crippen LogP contribution in [0.15, 0.2) is 42.7 Å². The van der Waals surface area contributed by atoms with Crippen molar-refractivity contribution in [3.05, 3.63) is 53.9 Å². The third-order valence-electron chi connectivity index (χ3n) is 11.8. The number of nitrogens with one attached hydrogen (secondary N) is 3. The molecule has 5 amide bonds. The van der Waals surface area contributed by atoms with Gasteiger partial charge in [-0.15, -0.1) is 0 Å². The van der Waals surface area contributed by atoms with Gasteiger partial charge >= 0.3 is 0 Å². The van der Waals surface area contributed by atoms with Gasteiger partial charge in [0.15, 0.2) is 0 Å². The number of ether oxygens (including phenoxy) is 1. The number of nitrogens with zero attached hydrogens (tertiary/aromatic N) is 4. The molecule has 1 aromatic carbocycles. The Morgan fingerprint density at radius 1 is 0.982 bits per heavy atom.